The van der Waals surface area contributed by atoms with Crippen LogP contribution in [0.25, 0.3) is 0 Å². The van der Waals surface area contributed by atoms with E-state index in [1.54, 1.807) is 0 Å². The van der Waals surface area contributed by atoms with Crippen molar-refractivity contribution in [2.75, 3.05) is 6.61 Å². The van der Waals surface area contributed by atoms with Gasteiger partial charge < -0.3 is 4.74 Å². The summed E-state index contributed by atoms with van der Waals surface area (Å²) in [5.41, 5.74) is 7.07. The topological polar surface area (TPSA) is 47.3 Å². The number of hydrogen-bond acceptors (Lipinski definition) is 3. The van der Waals surface area contributed by atoms with Crippen LogP contribution in [-0.4, -0.2) is 6.61 Å². The van der Waals surface area contributed by atoms with Gasteiger partial charge in [0.15, 0.2) is 0 Å². The van der Waals surface area contributed by atoms with Crippen molar-refractivity contribution in [1.82, 2.24) is 5.43 Å². The number of fused-ring (bicyclic) bond motifs is 1. The van der Waals surface area contributed by atoms with E-state index < -0.39 is 0 Å². The van der Waals surface area contributed by atoms with Gasteiger partial charge in [-0.05, 0) is 54.9 Å². The molecule has 0 bridgehead atoms. The van der Waals surface area contributed by atoms with Crippen LogP contribution in [0.3, 0.4) is 0 Å². The van der Waals surface area contributed by atoms with Crippen molar-refractivity contribution >= 4 is 0 Å². The highest BCUT2D eigenvalue weighted by Crippen LogP contribution is 2.29. The molecular formula is C15H20N2O. The highest BCUT2D eigenvalue weighted by molar-refractivity contribution is 5.38. The Bertz CT molecular complexity index is 468. The first-order valence-electron chi connectivity index (χ1n) is 6.79. The molecule has 1 heterocycles. The van der Waals surface area contributed by atoms with Crippen LogP contribution < -0.4 is 11.3 Å². The summed E-state index contributed by atoms with van der Waals surface area (Å²) in [5.74, 6) is 6.68. The monoisotopic (exact) mass is 244 g/mol. The second-order valence-corrected chi connectivity index (χ2v) is 5.08. The fourth-order valence-corrected chi connectivity index (χ4v) is 2.89. The van der Waals surface area contributed by atoms with E-state index in [0.29, 0.717) is 0 Å². The molecule has 1 unspecified atom stereocenters. The van der Waals surface area contributed by atoms with Gasteiger partial charge in [0.25, 0.3) is 0 Å². The van der Waals surface area contributed by atoms with Gasteiger partial charge in [0.1, 0.15) is 11.8 Å². The molecule has 1 aliphatic carbocycles. The molecule has 0 aromatic heterocycles. The first kappa shape index (κ1) is 11.8. The highest BCUT2D eigenvalue weighted by Gasteiger charge is 2.20. The third kappa shape index (κ3) is 2.16. The lowest BCUT2D eigenvalue weighted by atomic mass is 9.99. The molecule has 1 aromatic carbocycles. The molecule has 18 heavy (non-hydrogen) atoms. The molecule has 3 N–H and O–H groups in total. The van der Waals surface area contributed by atoms with Gasteiger partial charge in [-0.2, -0.15) is 0 Å². The van der Waals surface area contributed by atoms with Crippen molar-refractivity contribution in [2.24, 2.45) is 5.84 Å². The second-order valence-electron chi connectivity index (χ2n) is 5.08. The molecule has 0 saturated carbocycles. The van der Waals surface area contributed by atoms with Crippen LogP contribution in [0.15, 0.2) is 30.0 Å². The summed E-state index contributed by atoms with van der Waals surface area (Å²) in [7, 11) is 0. The van der Waals surface area contributed by atoms with Crippen LogP contribution in [-0.2, 0) is 17.6 Å². The molecule has 0 amide bonds. The zero-order valence-corrected chi connectivity index (χ0v) is 10.6. The standard InChI is InChI=1S/C15H20N2O/c16-17-15(14-6-1-2-9-18-14)13-8-7-11-4-3-5-12(11)10-13/h6-8,10,15,17H,1-5,9,16H2. The van der Waals surface area contributed by atoms with Crippen LogP contribution >= 0.6 is 0 Å². The van der Waals surface area contributed by atoms with E-state index in [1.165, 1.54) is 36.0 Å². The van der Waals surface area contributed by atoms with E-state index in [4.69, 9.17) is 10.6 Å². The summed E-state index contributed by atoms with van der Waals surface area (Å²) in [4.78, 5) is 0. The van der Waals surface area contributed by atoms with Crippen molar-refractivity contribution < 1.29 is 4.74 Å². The minimum Gasteiger partial charge on any atom is -0.496 e. The van der Waals surface area contributed by atoms with Gasteiger partial charge in [-0.3, -0.25) is 5.84 Å². The van der Waals surface area contributed by atoms with Crippen LogP contribution in [0.5, 0.6) is 0 Å². The molecule has 1 aromatic rings. The largest absolute Gasteiger partial charge is 0.496 e. The van der Waals surface area contributed by atoms with Gasteiger partial charge in [-0.25, -0.2) is 5.43 Å². The van der Waals surface area contributed by atoms with E-state index in [9.17, 15) is 0 Å². The Morgan fingerprint density at radius 2 is 2.06 bits per heavy atom. The summed E-state index contributed by atoms with van der Waals surface area (Å²) >= 11 is 0. The number of ether oxygens (including phenoxy) is 1. The second kappa shape index (κ2) is 5.12. The average molecular weight is 244 g/mol. The fourth-order valence-electron chi connectivity index (χ4n) is 2.89. The summed E-state index contributed by atoms with van der Waals surface area (Å²) in [5, 5.41) is 0. The molecule has 3 nitrogen and oxygen atoms in total. The van der Waals surface area contributed by atoms with Gasteiger partial charge in [-0.1, -0.05) is 18.2 Å². The number of hydrogen-bond donors (Lipinski definition) is 2. The molecule has 0 fully saturated rings. The number of hydrazine groups is 1. The summed E-state index contributed by atoms with van der Waals surface area (Å²) < 4.78 is 5.72. The first-order chi connectivity index (χ1) is 8.88. The van der Waals surface area contributed by atoms with Gasteiger partial charge in [0, 0.05) is 0 Å². The minimum atomic E-state index is -0.00352. The number of allylic oxidation sites excluding steroid dienone is 1. The van der Waals surface area contributed by atoms with E-state index in [0.717, 1.165) is 25.2 Å². The summed E-state index contributed by atoms with van der Waals surface area (Å²) in [6.07, 6.45) is 8.03. The molecule has 96 valence electrons. The van der Waals surface area contributed by atoms with Crippen molar-refractivity contribution in [2.45, 2.75) is 38.1 Å². The Morgan fingerprint density at radius 1 is 1.17 bits per heavy atom. The molecule has 3 rings (SSSR count). The Kier molecular flexibility index (Phi) is 3.35. The normalized spacial score (nSPS) is 19.9. The molecule has 3 heteroatoms. The summed E-state index contributed by atoms with van der Waals surface area (Å²) in [6, 6.07) is 6.70. The van der Waals surface area contributed by atoms with Crippen LogP contribution in [0.2, 0.25) is 0 Å². The Balaban J connectivity index is 1.89. The van der Waals surface area contributed by atoms with Crippen LogP contribution in [0, 0.1) is 0 Å². The molecule has 2 aliphatic rings. The molecular weight excluding hydrogens is 224 g/mol. The predicted molar refractivity (Wildman–Crippen MR) is 71.8 cm³/mol. The first-order valence-corrected chi connectivity index (χ1v) is 6.79. The van der Waals surface area contributed by atoms with Crippen molar-refractivity contribution in [1.29, 1.82) is 0 Å². The van der Waals surface area contributed by atoms with Gasteiger partial charge in [0.05, 0.1) is 6.61 Å². The van der Waals surface area contributed by atoms with E-state index >= 15 is 0 Å². The van der Waals surface area contributed by atoms with Gasteiger partial charge in [0.2, 0.25) is 0 Å². The van der Waals surface area contributed by atoms with Gasteiger partial charge >= 0.3 is 0 Å². The number of aryl methyl sites for hydroxylation is 2. The van der Waals surface area contributed by atoms with E-state index in [-0.39, 0.29) is 6.04 Å². The van der Waals surface area contributed by atoms with Crippen molar-refractivity contribution in [3.05, 3.63) is 46.7 Å². The van der Waals surface area contributed by atoms with E-state index in [2.05, 4.69) is 29.7 Å². The third-order valence-corrected chi connectivity index (χ3v) is 3.87. The molecule has 0 radical (unpaired) electrons. The molecule has 0 spiro atoms. The highest BCUT2D eigenvalue weighted by atomic mass is 16.5. The minimum absolute atomic E-state index is 0.00352. The quantitative estimate of drug-likeness (QED) is 0.634. The predicted octanol–water partition coefficient (Wildman–Crippen LogP) is 2.37. The Hall–Kier alpha value is -1.32. The number of nitrogens with one attached hydrogen (secondary N) is 1. The maximum absolute atomic E-state index is 5.72. The number of nitrogens with two attached hydrogens (primary N) is 1. The third-order valence-electron chi connectivity index (χ3n) is 3.87. The van der Waals surface area contributed by atoms with Crippen LogP contribution in [0.4, 0.5) is 0 Å². The molecule has 1 atom stereocenters. The summed E-state index contributed by atoms with van der Waals surface area (Å²) in [6.45, 7) is 0.801. The maximum Gasteiger partial charge on any atom is 0.115 e. The number of benzene rings is 1. The lowest BCUT2D eigenvalue weighted by Crippen LogP contribution is -2.31. The SMILES string of the molecule is NNC(C1=CCCCO1)c1ccc2c(c1)CCC2. The number of rotatable bonds is 3. The fraction of sp³-hybridized carbons (Fsp3) is 0.467. The molecule has 0 saturated heterocycles. The molecule has 1 aliphatic heterocycles. The zero-order chi connectivity index (χ0) is 12.4. The van der Waals surface area contributed by atoms with Crippen molar-refractivity contribution in [3.8, 4) is 0 Å². The van der Waals surface area contributed by atoms with Gasteiger partial charge in [-0.15, -0.1) is 0 Å². The zero-order valence-electron chi connectivity index (χ0n) is 10.6. The average Bonchev–Trinajstić information content (AvgIpc) is 2.88. The Labute approximate surface area is 108 Å². The van der Waals surface area contributed by atoms with E-state index in [1.807, 2.05) is 0 Å². The van der Waals surface area contributed by atoms with Crippen molar-refractivity contribution in [3.63, 3.8) is 0 Å². The Morgan fingerprint density at radius 3 is 2.83 bits per heavy atom. The van der Waals surface area contributed by atoms with Crippen LogP contribution in [0.1, 0.15) is 42.0 Å². The maximum atomic E-state index is 5.72. The lowest BCUT2D eigenvalue weighted by Gasteiger charge is -2.24. The smallest absolute Gasteiger partial charge is 0.115 e. The lowest BCUT2D eigenvalue weighted by molar-refractivity contribution is 0.168.